The Hall–Kier alpha value is -3.24. The molecule has 0 fully saturated rings. The lowest BCUT2D eigenvalue weighted by atomic mass is 10.0. The Kier molecular flexibility index (Phi) is 16.6. The minimum absolute atomic E-state index is 0.0413. The van der Waals surface area contributed by atoms with E-state index in [1.54, 1.807) is 54.6 Å². The van der Waals surface area contributed by atoms with Gasteiger partial charge >= 0.3 is 6.09 Å². The van der Waals surface area contributed by atoms with Gasteiger partial charge in [0.1, 0.15) is 17.0 Å². The van der Waals surface area contributed by atoms with Crippen molar-refractivity contribution in [2.75, 3.05) is 26.3 Å². The molecule has 0 aliphatic rings. The van der Waals surface area contributed by atoms with Crippen molar-refractivity contribution >= 4 is 67.1 Å². The van der Waals surface area contributed by atoms with Gasteiger partial charge in [-0.1, -0.05) is 81.6 Å². The van der Waals surface area contributed by atoms with Crippen LogP contribution in [0.2, 0.25) is 10.0 Å². The summed E-state index contributed by atoms with van der Waals surface area (Å²) in [4.78, 5) is 43.4. The standard InChI is InChI=1S/C35H43BrCl2N4O8S/c1-5-49-32(50-6-2)22-41(23(3)4)34(44)29(18-24-12-14-26(36)15-13-24)40-33(43)30(42(35(45)46)21-25-10-8-7-9-11-25)20-39-51(47,48)31-17-16-27(37)19-28(31)38/h7-17,19,23,29-30,32,39H,5-6,18,20-22H2,1-4H3,(H,40,43)(H,45,46). The molecule has 0 radical (unpaired) electrons. The van der Waals surface area contributed by atoms with Crippen LogP contribution in [0.15, 0.2) is 82.2 Å². The van der Waals surface area contributed by atoms with Crippen LogP contribution in [-0.4, -0.2) is 92.0 Å². The predicted octanol–water partition coefficient (Wildman–Crippen LogP) is 5.95. The first kappa shape index (κ1) is 42.2. The molecular weight excluding hydrogens is 787 g/mol. The Balaban J connectivity index is 2.04. The topological polar surface area (TPSA) is 155 Å². The Morgan fingerprint density at radius 3 is 2.08 bits per heavy atom. The second-order valence-corrected chi connectivity index (χ2v) is 15.1. The third-order valence-electron chi connectivity index (χ3n) is 7.70. The van der Waals surface area contributed by atoms with E-state index in [9.17, 15) is 27.9 Å². The van der Waals surface area contributed by atoms with Crippen LogP contribution in [0.25, 0.3) is 0 Å². The molecule has 3 aromatic carbocycles. The molecule has 2 unspecified atom stereocenters. The van der Waals surface area contributed by atoms with Gasteiger partial charge in [0, 0.05) is 48.3 Å². The quantitative estimate of drug-likeness (QED) is 0.125. The van der Waals surface area contributed by atoms with E-state index >= 15 is 0 Å². The second kappa shape index (κ2) is 20.1. The molecule has 12 nitrogen and oxygen atoms in total. The van der Waals surface area contributed by atoms with E-state index < -0.39 is 52.8 Å². The van der Waals surface area contributed by atoms with E-state index in [2.05, 4.69) is 26.0 Å². The largest absolute Gasteiger partial charge is 0.465 e. The third kappa shape index (κ3) is 12.7. The minimum atomic E-state index is -4.36. The summed E-state index contributed by atoms with van der Waals surface area (Å²) in [5.74, 6) is -1.37. The Bertz CT molecular complexity index is 1710. The first-order chi connectivity index (χ1) is 24.2. The highest BCUT2D eigenvalue weighted by molar-refractivity contribution is 9.10. The van der Waals surface area contributed by atoms with Gasteiger partial charge in [-0.25, -0.2) is 17.9 Å². The molecule has 3 N–H and O–H groups in total. The number of nitrogens with one attached hydrogen (secondary N) is 2. The summed E-state index contributed by atoms with van der Waals surface area (Å²) in [6.07, 6.45) is -2.18. The highest BCUT2D eigenvalue weighted by Crippen LogP contribution is 2.25. The maximum Gasteiger partial charge on any atom is 0.408 e. The summed E-state index contributed by atoms with van der Waals surface area (Å²) in [7, 11) is -4.36. The summed E-state index contributed by atoms with van der Waals surface area (Å²) in [6.45, 7) is 7.05. The first-order valence-electron chi connectivity index (χ1n) is 16.2. The van der Waals surface area contributed by atoms with Crippen LogP contribution in [0.3, 0.4) is 0 Å². The molecule has 2 atom stereocenters. The van der Waals surface area contributed by atoms with Gasteiger partial charge in [0.05, 0.1) is 11.6 Å². The zero-order chi connectivity index (χ0) is 37.7. The molecule has 51 heavy (non-hydrogen) atoms. The number of benzene rings is 3. The van der Waals surface area contributed by atoms with Gasteiger partial charge in [0.25, 0.3) is 0 Å². The summed E-state index contributed by atoms with van der Waals surface area (Å²) in [6, 6.07) is 16.3. The number of hydrogen-bond donors (Lipinski definition) is 3. The van der Waals surface area contributed by atoms with Gasteiger partial charge in [0.15, 0.2) is 6.29 Å². The fourth-order valence-electron chi connectivity index (χ4n) is 5.16. The molecule has 3 rings (SSSR count). The van der Waals surface area contributed by atoms with Crippen molar-refractivity contribution in [2.24, 2.45) is 0 Å². The predicted molar refractivity (Wildman–Crippen MR) is 199 cm³/mol. The highest BCUT2D eigenvalue weighted by atomic mass is 79.9. The van der Waals surface area contributed by atoms with Crippen LogP contribution in [-0.2, 0) is 42.1 Å². The third-order valence-corrected chi connectivity index (χ3v) is 10.4. The summed E-state index contributed by atoms with van der Waals surface area (Å²) >= 11 is 15.5. The van der Waals surface area contributed by atoms with E-state index in [0.29, 0.717) is 24.3 Å². The van der Waals surface area contributed by atoms with Crippen LogP contribution in [0.5, 0.6) is 0 Å². The molecule has 0 saturated heterocycles. The zero-order valence-electron chi connectivity index (χ0n) is 28.7. The smallest absolute Gasteiger partial charge is 0.408 e. The van der Waals surface area contributed by atoms with Gasteiger partial charge in [-0.3, -0.25) is 14.5 Å². The van der Waals surface area contributed by atoms with Gasteiger partial charge in [0.2, 0.25) is 21.8 Å². The summed E-state index contributed by atoms with van der Waals surface area (Å²) in [5.41, 5.74) is 1.26. The normalized spacial score (nSPS) is 12.8. The number of ether oxygens (including phenoxy) is 2. The van der Waals surface area contributed by atoms with Crippen molar-refractivity contribution in [1.82, 2.24) is 19.8 Å². The van der Waals surface area contributed by atoms with E-state index in [0.717, 1.165) is 9.37 Å². The molecule has 3 amide bonds. The Morgan fingerprint density at radius 1 is 0.902 bits per heavy atom. The van der Waals surface area contributed by atoms with E-state index in [-0.39, 0.29) is 40.5 Å². The van der Waals surface area contributed by atoms with Crippen LogP contribution in [0, 0.1) is 0 Å². The fourth-order valence-corrected chi connectivity index (χ4v) is 7.23. The summed E-state index contributed by atoms with van der Waals surface area (Å²) in [5, 5.41) is 13.2. The van der Waals surface area contributed by atoms with Crippen LogP contribution >= 0.6 is 39.1 Å². The van der Waals surface area contributed by atoms with Gasteiger partial charge < -0.3 is 24.8 Å². The van der Waals surface area contributed by atoms with Crippen molar-refractivity contribution in [3.8, 4) is 0 Å². The maximum atomic E-state index is 14.3. The van der Waals surface area contributed by atoms with Crippen molar-refractivity contribution in [2.45, 2.75) is 70.0 Å². The van der Waals surface area contributed by atoms with Crippen molar-refractivity contribution in [3.63, 3.8) is 0 Å². The number of carbonyl (C=O) groups is 3. The maximum absolute atomic E-state index is 14.3. The monoisotopic (exact) mass is 828 g/mol. The van der Waals surface area contributed by atoms with Gasteiger partial charge in [-0.2, -0.15) is 0 Å². The van der Waals surface area contributed by atoms with Gasteiger partial charge in [-0.15, -0.1) is 0 Å². The molecule has 16 heteroatoms. The molecule has 3 aromatic rings. The average Bonchev–Trinajstić information content (AvgIpc) is 3.07. The molecule has 0 aliphatic heterocycles. The summed E-state index contributed by atoms with van der Waals surface area (Å²) < 4.78 is 41.3. The lowest BCUT2D eigenvalue weighted by molar-refractivity contribution is -0.163. The molecule has 0 spiro atoms. The van der Waals surface area contributed by atoms with E-state index in [1.807, 2.05) is 27.7 Å². The number of nitrogens with zero attached hydrogens (tertiary/aromatic N) is 2. The first-order valence-corrected chi connectivity index (χ1v) is 19.3. The van der Waals surface area contributed by atoms with Crippen LogP contribution in [0.1, 0.15) is 38.8 Å². The van der Waals surface area contributed by atoms with Crippen LogP contribution < -0.4 is 10.0 Å². The molecule has 0 heterocycles. The van der Waals surface area contributed by atoms with Crippen molar-refractivity contribution in [3.05, 3.63) is 98.4 Å². The number of rotatable bonds is 19. The highest BCUT2D eigenvalue weighted by Gasteiger charge is 2.36. The molecule has 0 aromatic heterocycles. The number of hydrogen-bond acceptors (Lipinski definition) is 7. The number of carboxylic acid groups (broad SMARTS) is 1. The number of amides is 3. The second-order valence-electron chi connectivity index (χ2n) is 11.7. The fraction of sp³-hybridized carbons (Fsp3) is 0.400. The molecule has 0 saturated carbocycles. The van der Waals surface area contributed by atoms with Crippen molar-refractivity contribution in [1.29, 1.82) is 0 Å². The van der Waals surface area contributed by atoms with Crippen molar-refractivity contribution < 1.29 is 37.4 Å². The number of sulfonamides is 1. The Labute approximate surface area is 317 Å². The van der Waals surface area contributed by atoms with E-state index in [1.165, 1.54) is 23.1 Å². The molecule has 0 aliphatic carbocycles. The van der Waals surface area contributed by atoms with E-state index in [4.69, 9.17) is 32.7 Å². The number of halogens is 3. The minimum Gasteiger partial charge on any atom is -0.465 e. The lowest BCUT2D eigenvalue weighted by Crippen LogP contribution is -2.59. The molecular formula is C35H43BrCl2N4O8S. The zero-order valence-corrected chi connectivity index (χ0v) is 32.6. The van der Waals surface area contributed by atoms with Crippen LogP contribution in [0.4, 0.5) is 4.79 Å². The lowest BCUT2D eigenvalue weighted by Gasteiger charge is -2.35. The SMILES string of the molecule is CCOC(CN(C(=O)C(Cc1ccc(Br)cc1)NC(=O)C(CNS(=O)(=O)c1ccc(Cl)cc1Cl)N(Cc1ccccc1)C(=O)O)C(C)C)OCC. The molecule has 0 bridgehead atoms. The average molecular weight is 831 g/mol. The Morgan fingerprint density at radius 2 is 1.53 bits per heavy atom. The molecule has 278 valence electrons. The number of carbonyl (C=O) groups excluding carboxylic acids is 2. The van der Waals surface area contributed by atoms with Gasteiger partial charge in [-0.05, 0) is 69.2 Å².